The van der Waals surface area contributed by atoms with Crippen LogP contribution >= 0.6 is 34.7 Å². The van der Waals surface area contributed by atoms with E-state index in [0.29, 0.717) is 34.2 Å². The topological polar surface area (TPSA) is 250 Å². The molecule has 1 aromatic carbocycles. The number of phenolic OH excluding ortho intramolecular Hbond substituents is 2. The van der Waals surface area contributed by atoms with Gasteiger partial charge < -0.3 is 50.2 Å². The average Bonchev–Trinajstić information content (AvgIpc) is 3.74. The number of aromatic nitrogens is 2. The maximum absolute atomic E-state index is 13.8. The number of rotatable bonds is 11. The molecule has 17 nitrogen and oxygen atoms in total. The zero-order valence-electron chi connectivity index (χ0n) is 28.9. The molecule has 3 aliphatic rings. The molecule has 282 valence electrons. The summed E-state index contributed by atoms with van der Waals surface area (Å²) in [6, 6.07) is 0.0718. The van der Waals surface area contributed by atoms with E-state index in [-0.39, 0.29) is 40.0 Å². The number of thioether (sulfide) groups is 1. The van der Waals surface area contributed by atoms with E-state index in [9.17, 15) is 44.4 Å². The number of benzene rings is 1. The zero-order valence-corrected chi connectivity index (χ0v) is 31.3. The monoisotopic (exact) mass is 789 g/mol. The molecule has 53 heavy (non-hydrogen) atoms. The number of nitrogens with zero attached hydrogens (tertiary/aromatic N) is 5. The summed E-state index contributed by atoms with van der Waals surface area (Å²) >= 11 is 8.60. The number of β-lactam (4-membered cyclic amide) rings is 1. The second-order valence-electron chi connectivity index (χ2n) is 13.8. The number of quaternary nitrogens is 1. The highest BCUT2D eigenvalue weighted by atomic mass is 35.5. The Balaban J connectivity index is 1.29. The fourth-order valence-corrected chi connectivity index (χ4v) is 9.17. The van der Waals surface area contributed by atoms with Gasteiger partial charge in [-0.25, -0.2) is 9.78 Å². The number of nitrogens with one attached hydrogen (secondary N) is 1. The molecule has 3 aliphatic heterocycles. The molecule has 5 heterocycles. The number of aromatic hydroxyl groups is 2. The van der Waals surface area contributed by atoms with Crippen molar-refractivity contribution in [3.05, 3.63) is 55.4 Å². The molecule has 0 radical (unpaired) electrons. The lowest BCUT2D eigenvalue weighted by Crippen LogP contribution is -2.72. The number of pyridine rings is 1. The van der Waals surface area contributed by atoms with Gasteiger partial charge in [-0.15, -0.1) is 23.1 Å². The number of aliphatic carboxylic acids is 2. The summed E-state index contributed by atoms with van der Waals surface area (Å²) in [5.41, 5.74) is 3.88. The summed E-state index contributed by atoms with van der Waals surface area (Å²) in [5.74, 6) is -5.62. The number of phenols is 2. The van der Waals surface area contributed by atoms with Crippen LogP contribution < -0.4 is 21.6 Å². The Bertz CT molecular complexity index is 2190. The molecular weight excluding hydrogens is 754 g/mol. The van der Waals surface area contributed by atoms with Crippen molar-refractivity contribution in [1.29, 1.82) is 0 Å². The van der Waals surface area contributed by atoms with Crippen molar-refractivity contribution in [2.75, 3.05) is 25.4 Å². The van der Waals surface area contributed by atoms with E-state index in [1.165, 1.54) is 37.1 Å². The molecule has 0 saturated carbocycles. The zero-order chi connectivity index (χ0) is 38.7. The lowest BCUT2D eigenvalue weighted by Gasteiger charge is -2.53. The number of carboxylic acids is 2. The summed E-state index contributed by atoms with van der Waals surface area (Å²) in [4.78, 5) is 75.7. The van der Waals surface area contributed by atoms with Gasteiger partial charge in [0.05, 0.1) is 46.2 Å². The Kier molecular flexibility index (Phi) is 9.90. The molecule has 2 amide bonds. The van der Waals surface area contributed by atoms with Crippen LogP contribution in [0.3, 0.4) is 0 Å². The molecule has 20 heteroatoms. The SMILES string of the molecule is C[C@@H]1S[C@@H]2[C@H](NC(=O)C(=NOC(C)(C)C(=O)O)c3csc(N)n3)C(=O)N2C(C(=O)[O-])=C1C[N+]1(Cc2cn(C)c3cc(O)c(O)c(Cl)c3c2=O)CCCC1. The van der Waals surface area contributed by atoms with Crippen molar-refractivity contribution in [2.45, 2.75) is 62.4 Å². The normalized spacial score (nSPS) is 21.4. The number of nitrogen functional groups attached to an aromatic ring is 1. The number of thiazole rings is 1. The minimum Gasteiger partial charge on any atom is -0.543 e. The summed E-state index contributed by atoms with van der Waals surface area (Å²) < 4.78 is 1.93. The highest BCUT2D eigenvalue weighted by Gasteiger charge is 2.55. The van der Waals surface area contributed by atoms with Crippen molar-refractivity contribution in [2.24, 2.45) is 12.2 Å². The van der Waals surface area contributed by atoms with Gasteiger partial charge in [0.15, 0.2) is 27.8 Å². The third-order valence-electron chi connectivity index (χ3n) is 9.74. The predicted molar refractivity (Wildman–Crippen MR) is 193 cm³/mol. The highest BCUT2D eigenvalue weighted by molar-refractivity contribution is 8.00. The van der Waals surface area contributed by atoms with E-state index >= 15 is 0 Å². The predicted octanol–water partition coefficient (Wildman–Crippen LogP) is 0.829. The van der Waals surface area contributed by atoms with Crippen LogP contribution in [0, 0.1) is 0 Å². The third-order valence-corrected chi connectivity index (χ3v) is 12.2. The number of halogens is 1. The number of amides is 2. The first-order chi connectivity index (χ1) is 24.9. The minimum absolute atomic E-state index is 0.0183. The molecule has 0 aliphatic carbocycles. The maximum Gasteiger partial charge on any atom is 0.350 e. The van der Waals surface area contributed by atoms with Crippen molar-refractivity contribution in [3.63, 3.8) is 0 Å². The number of carbonyl (C=O) groups is 4. The second kappa shape index (κ2) is 13.9. The molecule has 2 saturated heterocycles. The first kappa shape index (κ1) is 37.9. The second-order valence-corrected chi connectivity index (χ2v) is 16.5. The van der Waals surface area contributed by atoms with Crippen LogP contribution in [0.15, 0.2) is 38.9 Å². The number of likely N-dealkylation sites (tertiary alicyclic amines) is 1. The van der Waals surface area contributed by atoms with E-state index in [4.69, 9.17) is 22.2 Å². The van der Waals surface area contributed by atoms with E-state index in [2.05, 4.69) is 15.5 Å². The van der Waals surface area contributed by atoms with Gasteiger partial charge in [0.1, 0.15) is 30.2 Å². The Morgan fingerprint density at radius 1 is 1.23 bits per heavy atom. The molecule has 0 spiro atoms. The van der Waals surface area contributed by atoms with Crippen LogP contribution in [-0.2, 0) is 37.6 Å². The Hall–Kier alpha value is -4.85. The number of fused-ring (bicyclic) bond motifs is 2. The molecule has 2 aromatic heterocycles. The highest BCUT2D eigenvalue weighted by Crippen LogP contribution is 2.45. The number of aryl methyl sites for hydroxylation is 1. The number of carboxylic acid groups (broad SMARTS) is 2. The molecule has 0 unspecified atom stereocenters. The largest absolute Gasteiger partial charge is 0.543 e. The van der Waals surface area contributed by atoms with Crippen molar-refractivity contribution >= 4 is 80.2 Å². The van der Waals surface area contributed by atoms with Gasteiger partial charge in [-0.3, -0.25) is 19.3 Å². The lowest BCUT2D eigenvalue weighted by atomic mass is 9.99. The van der Waals surface area contributed by atoms with Crippen molar-refractivity contribution < 1.29 is 48.9 Å². The molecule has 3 aromatic rings. The summed E-state index contributed by atoms with van der Waals surface area (Å²) in [6.07, 6.45) is 3.25. The van der Waals surface area contributed by atoms with Gasteiger partial charge in [0.2, 0.25) is 5.60 Å². The van der Waals surface area contributed by atoms with E-state index in [1.54, 1.807) is 24.7 Å². The van der Waals surface area contributed by atoms with Gasteiger partial charge >= 0.3 is 5.97 Å². The smallest absolute Gasteiger partial charge is 0.350 e. The molecule has 6 rings (SSSR count). The third kappa shape index (κ3) is 6.77. The fourth-order valence-electron chi connectivity index (χ4n) is 6.90. The molecule has 3 atom stereocenters. The van der Waals surface area contributed by atoms with Crippen LogP contribution in [-0.4, -0.2) is 106 Å². The van der Waals surface area contributed by atoms with Crippen LogP contribution in [0.5, 0.6) is 11.5 Å². The van der Waals surface area contributed by atoms with E-state index in [0.717, 1.165) is 29.1 Å². The number of carbonyl (C=O) groups excluding carboxylic acids is 3. The van der Waals surface area contributed by atoms with Gasteiger partial charge in [-0.2, -0.15) is 0 Å². The van der Waals surface area contributed by atoms with Crippen LogP contribution in [0.4, 0.5) is 5.13 Å². The first-order valence-corrected chi connectivity index (χ1v) is 18.6. The fraction of sp³-hybridized carbons (Fsp3) is 0.424. The molecule has 0 bridgehead atoms. The van der Waals surface area contributed by atoms with Crippen LogP contribution in [0.2, 0.25) is 5.02 Å². The van der Waals surface area contributed by atoms with Gasteiger partial charge in [-0.05, 0) is 20.8 Å². The Labute approximate surface area is 314 Å². The number of hydrogen-bond acceptors (Lipinski definition) is 14. The quantitative estimate of drug-likeness (QED) is 0.0595. The maximum atomic E-state index is 13.8. The Morgan fingerprint density at radius 3 is 2.51 bits per heavy atom. The molecule has 2 fully saturated rings. The Morgan fingerprint density at radius 2 is 1.91 bits per heavy atom. The number of oxime groups is 1. The minimum atomic E-state index is -1.81. The number of anilines is 1. The summed E-state index contributed by atoms with van der Waals surface area (Å²) in [7, 11) is 1.68. The van der Waals surface area contributed by atoms with E-state index in [1.807, 2.05) is 0 Å². The van der Waals surface area contributed by atoms with Gasteiger partial charge in [0, 0.05) is 48.4 Å². The average molecular weight is 790 g/mol. The molecular formula is C33H36ClN7O10S2. The van der Waals surface area contributed by atoms with Crippen molar-refractivity contribution in [1.82, 2.24) is 19.8 Å². The van der Waals surface area contributed by atoms with Crippen LogP contribution in [0.1, 0.15) is 44.9 Å². The number of hydrogen-bond donors (Lipinski definition) is 5. The summed E-state index contributed by atoms with van der Waals surface area (Å²) in [5, 5.41) is 48.9. The lowest BCUT2D eigenvalue weighted by molar-refractivity contribution is -0.925. The summed E-state index contributed by atoms with van der Waals surface area (Å²) in [6.45, 7) is 5.85. The first-order valence-electron chi connectivity index (χ1n) is 16.4. The van der Waals surface area contributed by atoms with Crippen molar-refractivity contribution in [3.8, 4) is 11.5 Å². The standard InChI is InChI=1S/C33H36ClN7O10S2/c1-14-16(12-41(7-5-6-8-41)11-15-10-39(4)18-9-19(42)26(44)21(34)20(18)25(15)43)24(30(47)48)40-28(46)23(29(40)53-14)37-27(45)22(17-13-52-32(35)36-17)38-51-33(2,3)31(49)50/h9-10,13-14,23,29H,5-8,11-12H2,1-4H3,(H6-,35,36,37,38,42,43,44,45,47,48,49,50)/t14-,23+,29+/m0/s1. The molecule has 6 N–H and O–H groups in total. The van der Waals surface area contributed by atoms with Crippen LogP contribution in [0.25, 0.3) is 10.9 Å². The van der Waals surface area contributed by atoms with Gasteiger partial charge in [0.25, 0.3) is 11.8 Å². The number of nitrogens with two attached hydrogens (primary N) is 1. The van der Waals surface area contributed by atoms with E-state index < -0.39 is 68.7 Å². The van der Waals surface area contributed by atoms with Gasteiger partial charge in [-0.1, -0.05) is 16.8 Å².